The van der Waals surface area contributed by atoms with Crippen molar-refractivity contribution in [1.82, 2.24) is 4.90 Å². The lowest BCUT2D eigenvalue weighted by Gasteiger charge is -2.21. The van der Waals surface area contributed by atoms with Crippen LogP contribution in [-0.2, 0) is 6.54 Å². The summed E-state index contributed by atoms with van der Waals surface area (Å²) in [5, 5.41) is 9.10. The zero-order chi connectivity index (χ0) is 12.0. The molecule has 0 spiro atoms. The van der Waals surface area contributed by atoms with Crippen molar-refractivity contribution in [3.63, 3.8) is 0 Å². The van der Waals surface area contributed by atoms with E-state index in [-0.39, 0.29) is 17.4 Å². The van der Waals surface area contributed by atoms with Crippen LogP contribution in [0.4, 0.5) is 4.39 Å². The maximum absolute atomic E-state index is 13.2. The van der Waals surface area contributed by atoms with Gasteiger partial charge >= 0.3 is 0 Å². The van der Waals surface area contributed by atoms with E-state index in [1.54, 1.807) is 6.07 Å². The van der Waals surface area contributed by atoms with Crippen molar-refractivity contribution in [2.45, 2.75) is 19.9 Å². The number of aliphatic hydroxyl groups excluding tert-OH is 1. The topological polar surface area (TPSA) is 23.5 Å². The number of benzene rings is 1. The highest BCUT2D eigenvalue weighted by Gasteiger charge is 2.09. The summed E-state index contributed by atoms with van der Waals surface area (Å²) in [6, 6.07) is 4.81. The van der Waals surface area contributed by atoms with Crippen molar-refractivity contribution >= 4 is 11.6 Å². The molecule has 0 bridgehead atoms. The van der Waals surface area contributed by atoms with Gasteiger partial charge in [-0.1, -0.05) is 30.7 Å². The summed E-state index contributed by atoms with van der Waals surface area (Å²) in [7, 11) is 0. The maximum Gasteiger partial charge on any atom is 0.142 e. The lowest BCUT2D eigenvalue weighted by atomic mass is 10.2. The Bertz CT molecular complexity index is 327. The molecule has 4 heteroatoms. The van der Waals surface area contributed by atoms with Crippen LogP contribution in [0.15, 0.2) is 18.2 Å². The predicted octanol–water partition coefficient (Wildman–Crippen LogP) is 2.68. The van der Waals surface area contributed by atoms with Crippen LogP contribution in [-0.4, -0.2) is 29.7 Å². The molecular weight excluding hydrogens is 229 g/mol. The summed E-state index contributed by atoms with van der Waals surface area (Å²) in [6.07, 6.45) is 0.993. The molecule has 90 valence electrons. The molecule has 2 nitrogen and oxygen atoms in total. The van der Waals surface area contributed by atoms with Crippen LogP contribution >= 0.6 is 11.6 Å². The number of hydrogen-bond acceptors (Lipinski definition) is 2. The molecule has 0 radical (unpaired) electrons. The second-order valence-corrected chi connectivity index (χ2v) is 4.09. The first kappa shape index (κ1) is 13.4. The molecular formula is C12H17ClFNO. The zero-order valence-electron chi connectivity index (χ0n) is 9.42. The van der Waals surface area contributed by atoms with Gasteiger partial charge in [-0.2, -0.15) is 0 Å². The molecule has 0 fully saturated rings. The average molecular weight is 246 g/mol. The highest BCUT2D eigenvalue weighted by Crippen LogP contribution is 2.21. The molecule has 1 aromatic rings. The van der Waals surface area contributed by atoms with Gasteiger partial charge in [-0.25, -0.2) is 4.39 Å². The summed E-state index contributed by atoms with van der Waals surface area (Å²) < 4.78 is 13.2. The van der Waals surface area contributed by atoms with Crippen molar-refractivity contribution in [3.8, 4) is 0 Å². The Morgan fingerprint density at radius 2 is 2.12 bits per heavy atom. The van der Waals surface area contributed by atoms with E-state index in [0.29, 0.717) is 13.1 Å². The standard InChI is InChI=1S/C12H17ClFNO/c1-2-6-15(7-8-16)9-10-4-3-5-11(14)12(10)13/h3-5,16H,2,6-9H2,1H3. The summed E-state index contributed by atoms with van der Waals surface area (Å²) >= 11 is 5.87. The summed E-state index contributed by atoms with van der Waals surface area (Å²) in [5.41, 5.74) is 0.767. The number of rotatable bonds is 6. The molecule has 1 rings (SSSR count). The first-order valence-corrected chi connectivity index (χ1v) is 5.83. The van der Waals surface area contributed by atoms with Crippen LogP contribution < -0.4 is 0 Å². The van der Waals surface area contributed by atoms with E-state index in [2.05, 4.69) is 11.8 Å². The number of aliphatic hydroxyl groups is 1. The van der Waals surface area contributed by atoms with Crippen molar-refractivity contribution < 1.29 is 9.50 Å². The fourth-order valence-corrected chi connectivity index (χ4v) is 1.82. The van der Waals surface area contributed by atoms with Gasteiger partial charge in [0.1, 0.15) is 5.82 Å². The molecule has 1 N–H and O–H groups in total. The summed E-state index contributed by atoms with van der Waals surface area (Å²) in [6.45, 7) is 4.20. The van der Waals surface area contributed by atoms with Gasteiger partial charge in [-0.15, -0.1) is 0 Å². The Kier molecular flexibility index (Phi) is 5.74. The van der Waals surface area contributed by atoms with E-state index in [1.807, 2.05) is 6.07 Å². The normalized spacial score (nSPS) is 11.1. The van der Waals surface area contributed by atoms with Crippen molar-refractivity contribution in [3.05, 3.63) is 34.6 Å². The fourth-order valence-electron chi connectivity index (χ4n) is 1.64. The van der Waals surface area contributed by atoms with Crippen LogP contribution in [0.1, 0.15) is 18.9 Å². The first-order valence-electron chi connectivity index (χ1n) is 5.45. The zero-order valence-corrected chi connectivity index (χ0v) is 10.2. The smallest absolute Gasteiger partial charge is 0.142 e. The van der Waals surface area contributed by atoms with E-state index >= 15 is 0 Å². The Labute approximate surface area is 101 Å². The molecule has 0 saturated carbocycles. The summed E-state index contributed by atoms with van der Waals surface area (Å²) in [5.74, 6) is -0.389. The molecule has 0 saturated heterocycles. The van der Waals surface area contributed by atoms with Crippen molar-refractivity contribution in [2.75, 3.05) is 19.7 Å². The molecule has 0 aromatic heterocycles. The van der Waals surface area contributed by atoms with Gasteiger partial charge in [0, 0.05) is 13.1 Å². The highest BCUT2D eigenvalue weighted by atomic mass is 35.5. The number of halogens is 2. The third kappa shape index (κ3) is 3.74. The van der Waals surface area contributed by atoms with Gasteiger partial charge in [0.15, 0.2) is 0 Å². The monoisotopic (exact) mass is 245 g/mol. The molecule has 0 aliphatic rings. The van der Waals surface area contributed by atoms with Crippen LogP contribution in [0.5, 0.6) is 0 Å². The quantitative estimate of drug-likeness (QED) is 0.833. The molecule has 0 aliphatic carbocycles. The van der Waals surface area contributed by atoms with E-state index in [0.717, 1.165) is 18.5 Å². The lowest BCUT2D eigenvalue weighted by molar-refractivity contribution is 0.190. The largest absolute Gasteiger partial charge is 0.395 e. The van der Waals surface area contributed by atoms with Crippen molar-refractivity contribution in [2.24, 2.45) is 0 Å². The molecule has 1 aromatic carbocycles. The Balaban J connectivity index is 2.72. The molecule has 0 aliphatic heterocycles. The van der Waals surface area contributed by atoms with E-state index in [1.165, 1.54) is 6.07 Å². The maximum atomic E-state index is 13.2. The van der Waals surface area contributed by atoms with Gasteiger partial charge in [0.2, 0.25) is 0 Å². The third-order valence-electron chi connectivity index (χ3n) is 2.38. The van der Waals surface area contributed by atoms with Gasteiger partial charge in [-0.3, -0.25) is 4.90 Å². The van der Waals surface area contributed by atoms with Gasteiger partial charge < -0.3 is 5.11 Å². The van der Waals surface area contributed by atoms with E-state index in [4.69, 9.17) is 16.7 Å². The van der Waals surface area contributed by atoms with Gasteiger partial charge in [0.05, 0.1) is 11.6 Å². The van der Waals surface area contributed by atoms with Crippen molar-refractivity contribution in [1.29, 1.82) is 0 Å². The Hall–Kier alpha value is -0.640. The second-order valence-electron chi connectivity index (χ2n) is 3.71. The van der Waals surface area contributed by atoms with Crippen LogP contribution in [0.25, 0.3) is 0 Å². The van der Waals surface area contributed by atoms with Crippen LogP contribution in [0.3, 0.4) is 0 Å². The highest BCUT2D eigenvalue weighted by molar-refractivity contribution is 6.31. The number of hydrogen-bond donors (Lipinski definition) is 1. The molecule has 0 amide bonds. The third-order valence-corrected chi connectivity index (χ3v) is 2.80. The van der Waals surface area contributed by atoms with E-state index in [9.17, 15) is 4.39 Å². The SMILES string of the molecule is CCCN(CCO)Cc1cccc(F)c1Cl. The lowest BCUT2D eigenvalue weighted by Crippen LogP contribution is -2.27. The van der Waals surface area contributed by atoms with Crippen LogP contribution in [0.2, 0.25) is 5.02 Å². The molecule has 16 heavy (non-hydrogen) atoms. The van der Waals surface area contributed by atoms with Gasteiger partial charge in [0.25, 0.3) is 0 Å². The minimum absolute atomic E-state index is 0.104. The second kappa shape index (κ2) is 6.84. The van der Waals surface area contributed by atoms with E-state index < -0.39 is 0 Å². The minimum atomic E-state index is -0.389. The molecule has 0 heterocycles. The Morgan fingerprint density at radius 1 is 1.38 bits per heavy atom. The Morgan fingerprint density at radius 3 is 2.75 bits per heavy atom. The van der Waals surface area contributed by atoms with Crippen LogP contribution in [0, 0.1) is 5.82 Å². The predicted molar refractivity (Wildman–Crippen MR) is 64.1 cm³/mol. The minimum Gasteiger partial charge on any atom is -0.395 e. The molecule has 0 unspecified atom stereocenters. The first-order chi connectivity index (χ1) is 7.69. The molecule has 0 atom stereocenters. The van der Waals surface area contributed by atoms with Gasteiger partial charge in [-0.05, 0) is 24.6 Å². The summed E-state index contributed by atoms with van der Waals surface area (Å²) in [4.78, 5) is 2.06. The average Bonchev–Trinajstić information content (AvgIpc) is 2.25. The number of nitrogens with zero attached hydrogens (tertiary/aromatic N) is 1. The fraction of sp³-hybridized carbons (Fsp3) is 0.500.